The fraction of sp³-hybridized carbons (Fsp3) is 0.316. The Kier molecular flexibility index (Phi) is 6.49. The molecule has 0 bridgehead atoms. The number of amides is 1. The topological polar surface area (TPSA) is 59.3 Å². The van der Waals surface area contributed by atoms with E-state index in [0.717, 1.165) is 18.4 Å². The third kappa shape index (κ3) is 5.50. The van der Waals surface area contributed by atoms with E-state index in [0.29, 0.717) is 17.9 Å². The Bertz CT molecular complexity index is 679. The third-order valence-electron chi connectivity index (χ3n) is 3.52. The summed E-state index contributed by atoms with van der Waals surface area (Å²) in [6.45, 7) is 4.71. The molecular weight excluding hydrogens is 304 g/mol. The van der Waals surface area contributed by atoms with Gasteiger partial charge in [0.05, 0.1) is 12.2 Å². The van der Waals surface area contributed by atoms with E-state index in [1.807, 2.05) is 42.9 Å². The molecule has 0 aliphatic rings. The van der Waals surface area contributed by atoms with Crippen molar-refractivity contribution < 1.29 is 18.9 Å². The van der Waals surface area contributed by atoms with Crippen molar-refractivity contribution in [3.8, 4) is 0 Å². The number of unbranched alkanes of at least 4 members (excludes halogenated alkanes) is 1. The molecule has 0 aliphatic carbocycles. The number of aromatic nitrogens is 1. The first-order valence-electron chi connectivity index (χ1n) is 8.11. The molecule has 1 aromatic carbocycles. The Hall–Kier alpha value is -2.69. The number of carbonyl (C=O) groups excluding carboxylic acids is 2. The number of carbonyl (C=O) groups is 2. The Morgan fingerprint density at radius 2 is 1.75 bits per heavy atom. The second-order valence-corrected chi connectivity index (χ2v) is 5.66. The van der Waals surface area contributed by atoms with Crippen LogP contribution in [0, 0.1) is 6.92 Å². The highest BCUT2D eigenvalue weighted by molar-refractivity contribution is 5.92. The summed E-state index contributed by atoms with van der Waals surface area (Å²) in [5.41, 5.74) is 2.28. The summed E-state index contributed by atoms with van der Waals surface area (Å²) in [6, 6.07) is 10.6. The molecule has 2 rings (SSSR count). The van der Waals surface area contributed by atoms with Crippen molar-refractivity contribution >= 4 is 17.6 Å². The van der Waals surface area contributed by atoms with E-state index in [2.05, 4.69) is 5.32 Å². The first-order chi connectivity index (χ1) is 11.6. The van der Waals surface area contributed by atoms with Gasteiger partial charge in [-0.2, -0.15) is 4.57 Å². The number of pyridine rings is 1. The van der Waals surface area contributed by atoms with Crippen molar-refractivity contribution in [2.45, 2.75) is 33.2 Å². The molecule has 1 aromatic heterocycles. The second-order valence-electron chi connectivity index (χ2n) is 5.66. The molecule has 0 spiro atoms. The van der Waals surface area contributed by atoms with Crippen LogP contribution in [0.4, 0.5) is 5.69 Å². The van der Waals surface area contributed by atoms with E-state index >= 15 is 0 Å². The van der Waals surface area contributed by atoms with Crippen molar-refractivity contribution in [1.82, 2.24) is 0 Å². The molecule has 126 valence electrons. The average molecular weight is 327 g/mol. The van der Waals surface area contributed by atoms with Gasteiger partial charge in [0.2, 0.25) is 6.54 Å². The molecule has 0 atom stereocenters. The van der Waals surface area contributed by atoms with E-state index in [9.17, 15) is 9.59 Å². The summed E-state index contributed by atoms with van der Waals surface area (Å²) in [7, 11) is 0. The van der Waals surface area contributed by atoms with Gasteiger partial charge in [0.15, 0.2) is 12.4 Å². The van der Waals surface area contributed by atoms with Crippen molar-refractivity contribution in [1.29, 1.82) is 0 Å². The van der Waals surface area contributed by atoms with E-state index < -0.39 is 0 Å². The number of anilines is 1. The summed E-state index contributed by atoms with van der Waals surface area (Å²) in [6.07, 6.45) is 5.57. The van der Waals surface area contributed by atoms with Gasteiger partial charge in [-0.15, -0.1) is 0 Å². The van der Waals surface area contributed by atoms with Crippen LogP contribution in [0.1, 0.15) is 35.7 Å². The maximum atomic E-state index is 12.0. The van der Waals surface area contributed by atoms with Gasteiger partial charge in [0.1, 0.15) is 0 Å². The van der Waals surface area contributed by atoms with Gasteiger partial charge in [-0.3, -0.25) is 4.79 Å². The lowest BCUT2D eigenvalue weighted by atomic mass is 10.2. The Balaban J connectivity index is 1.87. The highest BCUT2D eigenvalue weighted by Gasteiger charge is 2.11. The van der Waals surface area contributed by atoms with Crippen LogP contribution in [-0.4, -0.2) is 18.5 Å². The van der Waals surface area contributed by atoms with Crippen molar-refractivity contribution in [3.05, 3.63) is 59.9 Å². The molecule has 24 heavy (non-hydrogen) atoms. The van der Waals surface area contributed by atoms with Crippen LogP contribution < -0.4 is 9.88 Å². The zero-order valence-electron chi connectivity index (χ0n) is 14.1. The number of rotatable bonds is 7. The molecule has 5 heteroatoms. The van der Waals surface area contributed by atoms with Gasteiger partial charge in [0.25, 0.3) is 5.91 Å². The van der Waals surface area contributed by atoms with Crippen LogP contribution in [0.15, 0.2) is 48.8 Å². The van der Waals surface area contributed by atoms with Crippen LogP contribution in [0.5, 0.6) is 0 Å². The molecule has 0 unspecified atom stereocenters. The highest BCUT2D eigenvalue weighted by atomic mass is 16.5. The predicted molar refractivity (Wildman–Crippen MR) is 91.6 cm³/mol. The summed E-state index contributed by atoms with van der Waals surface area (Å²) in [5, 5.41) is 2.81. The fourth-order valence-electron chi connectivity index (χ4n) is 2.09. The van der Waals surface area contributed by atoms with E-state index in [1.54, 1.807) is 24.3 Å². The second kappa shape index (κ2) is 8.82. The lowest BCUT2D eigenvalue weighted by molar-refractivity contribution is -0.684. The van der Waals surface area contributed by atoms with Gasteiger partial charge in [0, 0.05) is 17.8 Å². The molecule has 5 nitrogen and oxygen atoms in total. The molecule has 0 saturated heterocycles. The first-order valence-corrected chi connectivity index (χ1v) is 8.11. The Labute approximate surface area is 142 Å². The minimum absolute atomic E-state index is 0.123. The molecule has 0 fully saturated rings. The highest BCUT2D eigenvalue weighted by Crippen LogP contribution is 2.11. The minimum Gasteiger partial charge on any atom is -0.462 e. The molecule has 0 aliphatic heterocycles. The summed E-state index contributed by atoms with van der Waals surface area (Å²) in [5.74, 6) is -0.460. The molecule has 1 heterocycles. The first kappa shape index (κ1) is 17.7. The normalized spacial score (nSPS) is 10.2. The summed E-state index contributed by atoms with van der Waals surface area (Å²) in [4.78, 5) is 23.8. The number of ether oxygens (including phenoxy) is 1. The van der Waals surface area contributed by atoms with Gasteiger partial charge in [-0.05, 0) is 43.2 Å². The maximum Gasteiger partial charge on any atom is 0.338 e. The standard InChI is InChI=1S/C19H22N2O3/c1-3-4-13-24-19(23)16-5-7-17(8-6-16)20-18(22)14-21-11-9-15(2)10-12-21/h5-12H,3-4,13-14H2,1-2H3/p+1. The van der Waals surface area contributed by atoms with Crippen LogP contribution in [0.3, 0.4) is 0 Å². The monoisotopic (exact) mass is 327 g/mol. The fourth-order valence-corrected chi connectivity index (χ4v) is 2.09. The van der Waals surface area contributed by atoms with Gasteiger partial charge < -0.3 is 10.1 Å². The van der Waals surface area contributed by atoms with E-state index in [4.69, 9.17) is 4.74 Å². The zero-order chi connectivity index (χ0) is 17.4. The predicted octanol–water partition coefficient (Wildman–Crippen LogP) is 2.88. The number of nitrogens with one attached hydrogen (secondary N) is 1. The lowest BCUT2D eigenvalue weighted by Crippen LogP contribution is -2.39. The molecular formula is C19H23N2O3+. The molecule has 2 aromatic rings. The zero-order valence-corrected chi connectivity index (χ0v) is 14.1. The summed E-state index contributed by atoms with van der Waals surface area (Å²) < 4.78 is 6.96. The Morgan fingerprint density at radius 3 is 2.38 bits per heavy atom. The SMILES string of the molecule is CCCCOC(=O)c1ccc(NC(=O)C[n+]2ccc(C)cc2)cc1. The molecule has 1 amide bonds. The van der Waals surface area contributed by atoms with Gasteiger partial charge in [-0.1, -0.05) is 13.3 Å². The Morgan fingerprint density at radius 1 is 1.08 bits per heavy atom. The largest absolute Gasteiger partial charge is 0.462 e. The number of benzene rings is 1. The molecule has 0 saturated carbocycles. The van der Waals surface area contributed by atoms with Crippen molar-refractivity contribution in [2.75, 3.05) is 11.9 Å². The number of hydrogen-bond acceptors (Lipinski definition) is 3. The van der Waals surface area contributed by atoms with E-state index in [-0.39, 0.29) is 18.4 Å². The lowest BCUT2D eigenvalue weighted by Gasteiger charge is -2.06. The molecule has 1 N–H and O–H groups in total. The minimum atomic E-state index is -0.337. The number of aryl methyl sites for hydroxylation is 1. The number of esters is 1. The van der Waals surface area contributed by atoms with Gasteiger partial charge >= 0.3 is 5.97 Å². The summed E-state index contributed by atoms with van der Waals surface area (Å²) >= 11 is 0. The average Bonchev–Trinajstić information content (AvgIpc) is 2.58. The van der Waals surface area contributed by atoms with Crippen LogP contribution in [-0.2, 0) is 16.1 Å². The number of nitrogens with zero attached hydrogens (tertiary/aromatic N) is 1. The third-order valence-corrected chi connectivity index (χ3v) is 3.52. The maximum absolute atomic E-state index is 12.0. The van der Waals surface area contributed by atoms with Crippen molar-refractivity contribution in [3.63, 3.8) is 0 Å². The van der Waals surface area contributed by atoms with Crippen LogP contribution >= 0.6 is 0 Å². The van der Waals surface area contributed by atoms with E-state index in [1.165, 1.54) is 0 Å². The quantitative estimate of drug-likeness (QED) is 0.483. The molecule has 0 radical (unpaired) electrons. The van der Waals surface area contributed by atoms with Crippen LogP contribution in [0.2, 0.25) is 0 Å². The van der Waals surface area contributed by atoms with Crippen LogP contribution in [0.25, 0.3) is 0 Å². The number of hydrogen-bond donors (Lipinski definition) is 1. The smallest absolute Gasteiger partial charge is 0.338 e. The van der Waals surface area contributed by atoms with Gasteiger partial charge in [-0.25, -0.2) is 4.79 Å². The van der Waals surface area contributed by atoms with Crippen molar-refractivity contribution in [2.24, 2.45) is 0 Å².